The van der Waals surface area contributed by atoms with E-state index in [4.69, 9.17) is 14.6 Å². The normalized spacial score (nSPS) is 10.1. The number of hydrogen-bond acceptors (Lipinski definition) is 4. The minimum Gasteiger partial charge on any atom is -0.497 e. The van der Waals surface area contributed by atoms with Crippen LogP contribution in [0.3, 0.4) is 0 Å². The molecule has 0 unspecified atom stereocenters. The van der Waals surface area contributed by atoms with Crippen LogP contribution in [-0.4, -0.2) is 31.1 Å². The van der Waals surface area contributed by atoms with Crippen molar-refractivity contribution in [3.63, 3.8) is 0 Å². The molecule has 0 aromatic heterocycles. The largest absolute Gasteiger partial charge is 0.497 e. The van der Waals surface area contributed by atoms with Gasteiger partial charge in [-0.05, 0) is 12.1 Å². The Morgan fingerprint density at radius 2 is 1.59 bits per heavy atom. The smallest absolute Gasteiger partial charge is 0.335 e. The molecule has 0 heterocycles. The first kappa shape index (κ1) is 15.5. The number of carbonyl (C=O) groups excluding carboxylic acids is 1. The number of carbonyl (C=O) groups is 2. The maximum atomic E-state index is 14.2. The van der Waals surface area contributed by atoms with Crippen LogP contribution in [0.2, 0.25) is 0 Å². The first-order valence-electron chi connectivity index (χ1n) is 6.27. The lowest BCUT2D eigenvalue weighted by Gasteiger charge is -2.11. The molecule has 0 bridgehead atoms. The molecule has 2 rings (SSSR count). The Kier molecular flexibility index (Phi) is 4.41. The molecule has 0 saturated carbocycles. The summed E-state index contributed by atoms with van der Waals surface area (Å²) in [6.45, 7) is 0. The van der Waals surface area contributed by atoms with E-state index in [-0.39, 0.29) is 28.2 Å². The molecular weight excluding hydrogens is 291 g/mol. The lowest BCUT2D eigenvalue weighted by atomic mass is 10.0. The molecule has 0 fully saturated rings. The van der Waals surface area contributed by atoms with Crippen LogP contribution < -0.4 is 9.47 Å². The number of ketones is 1. The standard InChI is InChI=1S/C16H13FO5/c1-21-11-7-12(17)14(13(8-11)22-2)15(18)9-3-5-10(6-4-9)16(19)20/h3-8H,1-2H3,(H,19,20). The van der Waals surface area contributed by atoms with Crippen LogP contribution in [0.5, 0.6) is 11.5 Å². The summed E-state index contributed by atoms with van der Waals surface area (Å²) < 4.78 is 24.1. The van der Waals surface area contributed by atoms with Gasteiger partial charge in [-0.3, -0.25) is 4.79 Å². The number of rotatable bonds is 5. The zero-order chi connectivity index (χ0) is 16.3. The quantitative estimate of drug-likeness (QED) is 0.860. The molecule has 0 saturated heterocycles. The van der Waals surface area contributed by atoms with E-state index in [0.29, 0.717) is 0 Å². The first-order valence-corrected chi connectivity index (χ1v) is 6.27. The number of carboxylic acids is 1. The average molecular weight is 304 g/mol. The highest BCUT2D eigenvalue weighted by atomic mass is 19.1. The van der Waals surface area contributed by atoms with Crippen LogP contribution in [0.15, 0.2) is 36.4 Å². The molecule has 114 valence electrons. The number of methoxy groups -OCH3 is 2. The van der Waals surface area contributed by atoms with Gasteiger partial charge in [0.05, 0.1) is 19.8 Å². The van der Waals surface area contributed by atoms with Crippen LogP contribution in [0.1, 0.15) is 26.3 Å². The third-order valence-corrected chi connectivity index (χ3v) is 3.10. The number of carboxylic acid groups (broad SMARTS) is 1. The number of ether oxygens (including phenoxy) is 2. The Morgan fingerprint density at radius 3 is 2.09 bits per heavy atom. The number of halogens is 1. The summed E-state index contributed by atoms with van der Waals surface area (Å²) in [6, 6.07) is 7.71. The number of benzene rings is 2. The maximum absolute atomic E-state index is 14.2. The highest BCUT2D eigenvalue weighted by Crippen LogP contribution is 2.29. The highest BCUT2D eigenvalue weighted by Gasteiger charge is 2.21. The second-order valence-electron chi connectivity index (χ2n) is 4.40. The number of aromatic carboxylic acids is 1. The lowest BCUT2D eigenvalue weighted by molar-refractivity contribution is 0.0696. The summed E-state index contributed by atoms with van der Waals surface area (Å²) in [7, 11) is 2.69. The van der Waals surface area contributed by atoms with E-state index in [9.17, 15) is 14.0 Å². The maximum Gasteiger partial charge on any atom is 0.335 e. The van der Waals surface area contributed by atoms with Crippen molar-refractivity contribution < 1.29 is 28.6 Å². The van der Waals surface area contributed by atoms with Crippen LogP contribution in [-0.2, 0) is 0 Å². The molecule has 2 aromatic rings. The Bertz CT molecular complexity index is 722. The van der Waals surface area contributed by atoms with Crippen LogP contribution in [0, 0.1) is 5.82 Å². The lowest BCUT2D eigenvalue weighted by Crippen LogP contribution is -2.08. The predicted octanol–water partition coefficient (Wildman–Crippen LogP) is 2.77. The Labute approximate surface area is 125 Å². The third-order valence-electron chi connectivity index (χ3n) is 3.10. The van der Waals surface area contributed by atoms with E-state index in [1.165, 1.54) is 44.6 Å². The van der Waals surface area contributed by atoms with Crippen molar-refractivity contribution in [1.82, 2.24) is 0 Å². The van der Waals surface area contributed by atoms with Crippen LogP contribution in [0.4, 0.5) is 4.39 Å². The van der Waals surface area contributed by atoms with E-state index in [2.05, 4.69) is 0 Å². The second-order valence-corrected chi connectivity index (χ2v) is 4.40. The Hall–Kier alpha value is -2.89. The highest BCUT2D eigenvalue weighted by molar-refractivity contribution is 6.11. The Morgan fingerprint density at radius 1 is 1.00 bits per heavy atom. The van der Waals surface area contributed by atoms with Crippen LogP contribution in [0.25, 0.3) is 0 Å². The van der Waals surface area contributed by atoms with Crippen molar-refractivity contribution in [2.75, 3.05) is 14.2 Å². The summed E-state index contributed by atoms with van der Waals surface area (Å²) >= 11 is 0. The molecule has 0 amide bonds. The molecule has 0 aliphatic carbocycles. The van der Waals surface area contributed by atoms with Gasteiger partial charge in [0.1, 0.15) is 22.9 Å². The van der Waals surface area contributed by atoms with Gasteiger partial charge in [0, 0.05) is 17.7 Å². The number of hydrogen-bond donors (Lipinski definition) is 1. The van der Waals surface area contributed by atoms with Crippen molar-refractivity contribution in [2.45, 2.75) is 0 Å². The van der Waals surface area contributed by atoms with Gasteiger partial charge in [-0.15, -0.1) is 0 Å². The molecule has 6 heteroatoms. The fourth-order valence-corrected chi connectivity index (χ4v) is 1.97. The van der Waals surface area contributed by atoms with E-state index >= 15 is 0 Å². The average Bonchev–Trinajstić information content (AvgIpc) is 2.53. The molecular formula is C16H13FO5. The SMILES string of the molecule is COc1cc(F)c(C(=O)c2ccc(C(=O)O)cc2)c(OC)c1. The van der Waals surface area contributed by atoms with Gasteiger partial charge in [0.25, 0.3) is 0 Å². The third kappa shape index (κ3) is 2.90. The molecule has 0 aliphatic heterocycles. The summed E-state index contributed by atoms with van der Waals surface area (Å²) in [6.07, 6.45) is 0. The van der Waals surface area contributed by atoms with Crippen molar-refractivity contribution >= 4 is 11.8 Å². The van der Waals surface area contributed by atoms with Crippen molar-refractivity contribution in [2.24, 2.45) is 0 Å². The summed E-state index contributed by atoms with van der Waals surface area (Å²) in [5.41, 5.74) is -0.0301. The topological polar surface area (TPSA) is 72.8 Å². The molecule has 22 heavy (non-hydrogen) atoms. The molecule has 2 aromatic carbocycles. The molecule has 0 radical (unpaired) electrons. The van der Waals surface area contributed by atoms with Gasteiger partial charge in [0.15, 0.2) is 5.78 Å². The molecule has 0 atom stereocenters. The van der Waals surface area contributed by atoms with Crippen molar-refractivity contribution in [3.8, 4) is 11.5 Å². The molecule has 5 nitrogen and oxygen atoms in total. The summed E-state index contributed by atoms with van der Waals surface area (Å²) in [4.78, 5) is 23.2. The minimum absolute atomic E-state index is 0.0405. The van der Waals surface area contributed by atoms with Crippen molar-refractivity contribution in [3.05, 3.63) is 58.9 Å². The van der Waals surface area contributed by atoms with Gasteiger partial charge in [0.2, 0.25) is 0 Å². The minimum atomic E-state index is -1.10. The van der Waals surface area contributed by atoms with Gasteiger partial charge in [-0.1, -0.05) is 12.1 Å². The summed E-state index contributed by atoms with van der Waals surface area (Å²) in [5, 5.41) is 8.84. The van der Waals surface area contributed by atoms with Gasteiger partial charge < -0.3 is 14.6 Å². The summed E-state index contributed by atoms with van der Waals surface area (Å²) in [5.74, 6) is -2.21. The molecule has 0 aliphatic rings. The molecule has 0 spiro atoms. The zero-order valence-corrected chi connectivity index (χ0v) is 11.9. The predicted molar refractivity (Wildman–Crippen MR) is 76.3 cm³/mol. The van der Waals surface area contributed by atoms with Gasteiger partial charge in [-0.2, -0.15) is 0 Å². The van der Waals surface area contributed by atoms with E-state index < -0.39 is 17.6 Å². The van der Waals surface area contributed by atoms with Crippen molar-refractivity contribution in [1.29, 1.82) is 0 Å². The first-order chi connectivity index (χ1) is 10.5. The second kappa shape index (κ2) is 6.26. The monoisotopic (exact) mass is 304 g/mol. The fourth-order valence-electron chi connectivity index (χ4n) is 1.97. The van der Waals surface area contributed by atoms with E-state index in [1.807, 2.05) is 0 Å². The Balaban J connectivity index is 2.46. The van der Waals surface area contributed by atoms with Gasteiger partial charge >= 0.3 is 5.97 Å². The van der Waals surface area contributed by atoms with E-state index in [1.54, 1.807) is 0 Å². The van der Waals surface area contributed by atoms with E-state index in [0.717, 1.165) is 6.07 Å². The molecule has 1 N–H and O–H groups in total. The zero-order valence-electron chi connectivity index (χ0n) is 11.9. The van der Waals surface area contributed by atoms with Gasteiger partial charge in [-0.25, -0.2) is 9.18 Å². The fraction of sp³-hybridized carbons (Fsp3) is 0.125. The van der Waals surface area contributed by atoms with Crippen LogP contribution >= 0.6 is 0 Å².